The van der Waals surface area contributed by atoms with Crippen molar-refractivity contribution in [2.45, 2.75) is 64.6 Å². The molecule has 2 heterocycles. The summed E-state index contributed by atoms with van der Waals surface area (Å²) in [6, 6.07) is 11.9. The predicted molar refractivity (Wildman–Crippen MR) is 136 cm³/mol. The number of aryl methyl sites for hydroxylation is 3. The molecule has 1 amide bonds. The van der Waals surface area contributed by atoms with Crippen molar-refractivity contribution < 1.29 is 13.2 Å². The van der Waals surface area contributed by atoms with Gasteiger partial charge in [-0.1, -0.05) is 49.7 Å². The lowest BCUT2D eigenvalue weighted by molar-refractivity contribution is -0.124. The second-order valence-electron chi connectivity index (χ2n) is 9.59. The highest BCUT2D eigenvalue weighted by Gasteiger charge is 2.39. The van der Waals surface area contributed by atoms with Gasteiger partial charge in [-0.3, -0.25) is 14.5 Å². The molecule has 7 nitrogen and oxygen atoms in total. The van der Waals surface area contributed by atoms with Crippen LogP contribution in [0.5, 0.6) is 0 Å². The topological polar surface area (TPSA) is 99.3 Å². The monoisotopic (exact) mass is 493 g/mol. The van der Waals surface area contributed by atoms with Gasteiger partial charge in [-0.25, -0.2) is 13.1 Å². The maximum Gasteiger partial charge on any atom is 0.269 e. The molecule has 0 aliphatic carbocycles. The van der Waals surface area contributed by atoms with E-state index in [-0.39, 0.29) is 5.92 Å². The minimum absolute atomic E-state index is 0.253. The summed E-state index contributed by atoms with van der Waals surface area (Å²) in [5.41, 5.74) is 6.77. The van der Waals surface area contributed by atoms with Crippen LogP contribution in [-0.4, -0.2) is 24.2 Å². The predicted octanol–water partition coefficient (Wildman–Crippen LogP) is 3.99. The molecule has 184 valence electrons. The van der Waals surface area contributed by atoms with Gasteiger partial charge in [0.05, 0.1) is 0 Å². The first-order chi connectivity index (χ1) is 16.5. The molecule has 2 N–H and O–H groups in total. The number of pyridine rings is 1. The molecule has 1 aliphatic rings. The summed E-state index contributed by atoms with van der Waals surface area (Å²) in [4.78, 5) is 29.5. The normalized spacial score (nSPS) is 15.9. The minimum Gasteiger partial charge on any atom is -0.328 e. The molecule has 3 aromatic rings. The fourth-order valence-electron chi connectivity index (χ4n) is 5.07. The Balaban J connectivity index is 1.76. The summed E-state index contributed by atoms with van der Waals surface area (Å²) in [6.07, 6.45) is 1.35. The lowest BCUT2D eigenvalue weighted by Gasteiger charge is -2.26. The fraction of sp³-hybridized carbons (Fsp3) is 0.333. The summed E-state index contributed by atoms with van der Waals surface area (Å²) in [6.45, 7) is 11.4. The van der Waals surface area contributed by atoms with Crippen molar-refractivity contribution in [3.8, 4) is 0 Å². The Morgan fingerprint density at radius 3 is 2.43 bits per heavy atom. The van der Waals surface area contributed by atoms with Gasteiger partial charge in [-0.2, -0.15) is 0 Å². The van der Waals surface area contributed by atoms with Crippen molar-refractivity contribution in [3.05, 3.63) is 98.0 Å². The summed E-state index contributed by atoms with van der Waals surface area (Å²) in [7, 11) is -4.34. The molecule has 1 atom stereocenters. The Morgan fingerprint density at radius 2 is 1.80 bits per heavy atom. The van der Waals surface area contributed by atoms with E-state index in [4.69, 9.17) is 0 Å². The van der Waals surface area contributed by atoms with Gasteiger partial charge in [0.1, 0.15) is 6.04 Å². The van der Waals surface area contributed by atoms with Gasteiger partial charge in [-0.05, 0) is 72.2 Å². The molecule has 0 saturated heterocycles. The number of carbonyl (C=O) groups excluding carboxylic acids is 1. The molecule has 8 heteroatoms. The van der Waals surface area contributed by atoms with Crippen molar-refractivity contribution in [2.75, 3.05) is 0 Å². The Bertz CT molecular complexity index is 1430. The van der Waals surface area contributed by atoms with Crippen molar-refractivity contribution in [3.63, 3.8) is 0 Å². The molecular formula is C27H31N3O4S. The van der Waals surface area contributed by atoms with Gasteiger partial charge < -0.3 is 4.98 Å². The van der Waals surface area contributed by atoms with Gasteiger partial charge in [0.2, 0.25) is 0 Å². The number of hydrogen-bond acceptors (Lipinski definition) is 5. The fourth-order valence-corrected chi connectivity index (χ4v) is 6.12. The van der Waals surface area contributed by atoms with Crippen LogP contribution >= 0.6 is 0 Å². The molecule has 0 spiro atoms. The second kappa shape index (κ2) is 9.43. The number of amides is 1. The largest absolute Gasteiger partial charge is 0.328 e. The number of sulfonamides is 1. The van der Waals surface area contributed by atoms with Crippen molar-refractivity contribution >= 4 is 15.9 Å². The third kappa shape index (κ3) is 4.81. The number of aromatic nitrogens is 1. The van der Waals surface area contributed by atoms with E-state index in [1.165, 1.54) is 23.9 Å². The van der Waals surface area contributed by atoms with Gasteiger partial charge >= 0.3 is 0 Å². The molecular weight excluding hydrogens is 462 g/mol. The number of benzene rings is 2. The van der Waals surface area contributed by atoms with Crippen LogP contribution in [0.1, 0.15) is 64.8 Å². The first kappa shape index (κ1) is 24.9. The second-order valence-corrected chi connectivity index (χ2v) is 11.2. The van der Waals surface area contributed by atoms with E-state index >= 15 is 0 Å². The number of rotatable bonds is 6. The maximum atomic E-state index is 13.6. The van der Waals surface area contributed by atoms with E-state index < -0.39 is 32.4 Å². The average molecular weight is 494 g/mol. The highest BCUT2D eigenvalue weighted by molar-refractivity contribution is 7.90. The summed E-state index contributed by atoms with van der Waals surface area (Å²) in [5, 5.41) is 0. The first-order valence-electron chi connectivity index (χ1n) is 11.7. The molecule has 35 heavy (non-hydrogen) atoms. The van der Waals surface area contributed by atoms with Crippen LogP contribution in [-0.2, 0) is 27.9 Å². The van der Waals surface area contributed by atoms with Crippen LogP contribution in [0.3, 0.4) is 0 Å². The smallest absolute Gasteiger partial charge is 0.269 e. The highest BCUT2D eigenvalue weighted by atomic mass is 32.2. The molecule has 0 saturated carbocycles. The van der Waals surface area contributed by atoms with Gasteiger partial charge in [0.15, 0.2) is 4.90 Å². The van der Waals surface area contributed by atoms with E-state index in [0.717, 1.165) is 33.4 Å². The number of nitrogens with one attached hydrogen (secondary N) is 2. The number of carbonyl (C=O) groups is 1. The Hall–Kier alpha value is -3.23. The Morgan fingerprint density at radius 1 is 1.11 bits per heavy atom. The minimum atomic E-state index is -4.34. The van der Waals surface area contributed by atoms with Crippen LogP contribution in [0.2, 0.25) is 0 Å². The van der Waals surface area contributed by atoms with E-state index in [1.54, 1.807) is 0 Å². The number of aromatic amines is 1. The third-order valence-corrected chi connectivity index (χ3v) is 8.02. The maximum absolute atomic E-state index is 13.6. The van der Waals surface area contributed by atoms with E-state index in [9.17, 15) is 18.0 Å². The van der Waals surface area contributed by atoms with Gasteiger partial charge in [0.25, 0.3) is 21.5 Å². The van der Waals surface area contributed by atoms with Crippen molar-refractivity contribution in [2.24, 2.45) is 0 Å². The molecule has 4 rings (SSSR count). The van der Waals surface area contributed by atoms with E-state index in [0.29, 0.717) is 13.1 Å². The summed E-state index contributed by atoms with van der Waals surface area (Å²) >= 11 is 0. The SMILES string of the molecule is Cc1cc(C)c(CN2Cc3c(C(C)C)cccc3C2C(=O)NS(=O)(=O)c2ccc[nH]c2=O)c(C)c1. The number of nitrogens with zero attached hydrogens (tertiary/aromatic N) is 1. The number of H-pyrrole nitrogens is 1. The molecule has 1 aromatic heterocycles. The molecule has 0 fully saturated rings. The molecule has 0 radical (unpaired) electrons. The quantitative estimate of drug-likeness (QED) is 0.541. The highest BCUT2D eigenvalue weighted by Crippen LogP contribution is 2.39. The molecule has 1 unspecified atom stereocenters. The Kier molecular flexibility index (Phi) is 6.71. The van der Waals surface area contributed by atoms with Crippen molar-refractivity contribution in [1.82, 2.24) is 14.6 Å². The summed E-state index contributed by atoms with van der Waals surface area (Å²) < 4.78 is 28.1. The van der Waals surface area contributed by atoms with Gasteiger partial charge in [0, 0.05) is 19.3 Å². The third-order valence-electron chi connectivity index (χ3n) is 6.65. The summed E-state index contributed by atoms with van der Waals surface area (Å²) in [5.74, 6) is -0.418. The van der Waals surface area contributed by atoms with Crippen molar-refractivity contribution in [1.29, 1.82) is 0 Å². The zero-order valence-corrected chi connectivity index (χ0v) is 21.5. The van der Waals surface area contributed by atoms with Crippen LogP contribution in [0.25, 0.3) is 0 Å². The standard InChI is InChI=1S/C27H31N3O4S/c1-16(2)20-8-6-9-21-23(20)15-30(14-22-18(4)12-17(3)13-19(22)5)25(21)27(32)29-35(33,34)24-10-7-11-28-26(24)31/h6-13,16,25H,14-15H2,1-5H3,(H,28,31)(H,29,32). The number of hydrogen-bond donors (Lipinski definition) is 2. The zero-order chi connectivity index (χ0) is 25.5. The van der Waals surface area contributed by atoms with Crippen LogP contribution in [0.4, 0.5) is 0 Å². The first-order valence-corrected chi connectivity index (χ1v) is 13.1. The lowest BCUT2D eigenvalue weighted by Crippen LogP contribution is -2.41. The average Bonchev–Trinajstić information content (AvgIpc) is 3.14. The van der Waals surface area contributed by atoms with E-state index in [2.05, 4.69) is 62.5 Å². The lowest BCUT2D eigenvalue weighted by atomic mass is 9.93. The van der Waals surface area contributed by atoms with Gasteiger partial charge in [-0.15, -0.1) is 0 Å². The molecule has 2 aromatic carbocycles. The Labute approximate surface area is 206 Å². The van der Waals surface area contributed by atoms with Crippen LogP contribution in [0, 0.1) is 20.8 Å². The molecule has 0 bridgehead atoms. The van der Waals surface area contributed by atoms with Crippen LogP contribution < -0.4 is 10.3 Å². The van der Waals surface area contributed by atoms with E-state index in [1.807, 2.05) is 17.0 Å². The molecule has 1 aliphatic heterocycles. The zero-order valence-electron chi connectivity index (χ0n) is 20.7. The number of fused-ring (bicyclic) bond motifs is 1. The van der Waals surface area contributed by atoms with Crippen LogP contribution in [0.15, 0.2) is 58.4 Å².